The Hall–Kier alpha value is -1.63. The summed E-state index contributed by atoms with van der Waals surface area (Å²) in [5.41, 5.74) is -3.67. The minimum Gasteiger partial charge on any atom is -0.469 e. The molecule has 1 heterocycles. The van der Waals surface area contributed by atoms with E-state index in [2.05, 4.69) is 0 Å². The smallest absolute Gasteiger partial charge is 0.339 e. The third kappa shape index (κ3) is 1.74. The number of carbonyl (C=O) groups is 3. The van der Waals surface area contributed by atoms with E-state index >= 15 is 0 Å². The van der Waals surface area contributed by atoms with Gasteiger partial charge in [-0.05, 0) is 19.3 Å². The van der Waals surface area contributed by atoms with Crippen molar-refractivity contribution >= 4 is 17.9 Å². The molecule has 134 valence electrons. The van der Waals surface area contributed by atoms with Crippen LogP contribution in [-0.2, 0) is 33.3 Å². The molecule has 3 fully saturated rings. The molecule has 3 aliphatic rings. The first kappa shape index (κ1) is 17.2. The second-order valence-corrected chi connectivity index (χ2v) is 6.93. The lowest BCUT2D eigenvalue weighted by Gasteiger charge is -2.42. The maximum absolute atomic E-state index is 12.9. The first-order valence-corrected chi connectivity index (χ1v) is 8.37. The molecule has 2 aliphatic carbocycles. The van der Waals surface area contributed by atoms with Crippen LogP contribution in [-0.4, -0.2) is 51.4 Å². The van der Waals surface area contributed by atoms with Crippen molar-refractivity contribution < 1.29 is 33.3 Å². The number of hydrogen-bond acceptors (Lipinski definition) is 7. The van der Waals surface area contributed by atoms with Crippen molar-refractivity contribution in [2.75, 3.05) is 27.9 Å². The zero-order valence-corrected chi connectivity index (χ0v) is 14.4. The zero-order chi connectivity index (χ0) is 17.6. The van der Waals surface area contributed by atoms with Crippen molar-refractivity contribution in [3.05, 3.63) is 0 Å². The fourth-order valence-electron chi connectivity index (χ4n) is 5.29. The number of methoxy groups -OCH3 is 3. The summed E-state index contributed by atoms with van der Waals surface area (Å²) < 4.78 is 21.1. The normalized spacial score (nSPS) is 41.0. The first-order chi connectivity index (χ1) is 11.5. The van der Waals surface area contributed by atoms with Crippen LogP contribution in [0.15, 0.2) is 0 Å². The molecule has 0 aromatic rings. The van der Waals surface area contributed by atoms with Gasteiger partial charge in [-0.2, -0.15) is 0 Å². The van der Waals surface area contributed by atoms with E-state index in [9.17, 15) is 14.4 Å². The van der Waals surface area contributed by atoms with Gasteiger partial charge in [-0.25, -0.2) is 4.79 Å². The number of ether oxygens (including phenoxy) is 4. The number of rotatable bonds is 3. The number of cyclic esters (lactones) is 1. The third-order valence-electron chi connectivity index (χ3n) is 6.31. The highest BCUT2D eigenvalue weighted by Gasteiger charge is 2.94. The summed E-state index contributed by atoms with van der Waals surface area (Å²) in [6, 6.07) is 0. The quantitative estimate of drug-likeness (QED) is 0.564. The van der Waals surface area contributed by atoms with E-state index in [-0.39, 0.29) is 6.61 Å². The Balaban J connectivity index is 2.24. The first-order valence-electron chi connectivity index (χ1n) is 8.37. The summed E-state index contributed by atoms with van der Waals surface area (Å²) in [5.74, 6) is -2.47. The second kappa shape index (κ2) is 5.72. The fraction of sp³-hybridized carbons (Fsp3) is 0.824. The molecule has 4 atom stereocenters. The summed E-state index contributed by atoms with van der Waals surface area (Å²) in [6.07, 6.45) is 4.40. The monoisotopic (exact) mass is 340 g/mol. The Morgan fingerprint density at radius 3 is 2.29 bits per heavy atom. The van der Waals surface area contributed by atoms with E-state index in [4.69, 9.17) is 18.9 Å². The van der Waals surface area contributed by atoms with Crippen molar-refractivity contribution in [2.24, 2.45) is 16.7 Å². The molecule has 1 saturated heterocycles. The molecule has 0 aromatic heterocycles. The summed E-state index contributed by atoms with van der Waals surface area (Å²) in [7, 11) is 3.95. The van der Waals surface area contributed by atoms with Crippen LogP contribution in [0, 0.1) is 16.7 Å². The van der Waals surface area contributed by atoms with Crippen LogP contribution in [0.25, 0.3) is 0 Å². The van der Waals surface area contributed by atoms with Crippen LogP contribution < -0.4 is 0 Å². The van der Waals surface area contributed by atoms with E-state index in [1.165, 1.54) is 21.3 Å². The summed E-state index contributed by atoms with van der Waals surface area (Å²) >= 11 is 0. The predicted molar refractivity (Wildman–Crippen MR) is 80.8 cm³/mol. The van der Waals surface area contributed by atoms with Crippen molar-refractivity contribution in [2.45, 2.75) is 44.1 Å². The van der Waals surface area contributed by atoms with Gasteiger partial charge in [-0.15, -0.1) is 0 Å². The molecular formula is C17H24O7. The van der Waals surface area contributed by atoms with Crippen molar-refractivity contribution in [1.82, 2.24) is 0 Å². The van der Waals surface area contributed by atoms with Gasteiger partial charge in [-0.3, -0.25) is 9.59 Å². The average molecular weight is 340 g/mol. The topological polar surface area (TPSA) is 88.1 Å². The largest absolute Gasteiger partial charge is 0.469 e. The molecule has 7 nitrogen and oxygen atoms in total. The Bertz CT molecular complexity index is 573. The molecule has 7 heteroatoms. The van der Waals surface area contributed by atoms with Crippen molar-refractivity contribution in [3.63, 3.8) is 0 Å². The highest BCUT2D eigenvalue weighted by atomic mass is 16.6. The minimum atomic E-state index is -1.50. The van der Waals surface area contributed by atoms with Gasteiger partial charge in [-0.1, -0.05) is 19.3 Å². The molecule has 2 saturated carbocycles. The van der Waals surface area contributed by atoms with Gasteiger partial charge in [0.05, 0.1) is 26.7 Å². The Morgan fingerprint density at radius 2 is 1.71 bits per heavy atom. The maximum atomic E-state index is 12.9. The molecule has 24 heavy (non-hydrogen) atoms. The SMILES string of the molecule is COC(=O)[C@@H]1[C@@]23CCCCCC[C@@](OC)(C(=O)OC2)[C@@]13C(=O)OC. The molecule has 3 rings (SSSR count). The lowest BCUT2D eigenvalue weighted by atomic mass is 9.72. The maximum Gasteiger partial charge on any atom is 0.339 e. The lowest BCUT2D eigenvalue weighted by molar-refractivity contribution is -0.208. The lowest BCUT2D eigenvalue weighted by Crippen LogP contribution is -2.60. The van der Waals surface area contributed by atoms with E-state index in [1.807, 2.05) is 0 Å². The third-order valence-corrected chi connectivity index (χ3v) is 6.31. The molecule has 0 amide bonds. The average Bonchev–Trinajstić information content (AvgIpc) is 3.22. The van der Waals surface area contributed by atoms with Crippen molar-refractivity contribution in [1.29, 1.82) is 0 Å². The van der Waals surface area contributed by atoms with Crippen LogP contribution in [0.3, 0.4) is 0 Å². The van der Waals surface area contributed by atoms with E-state index in [0.717, 1.165) is 19.3 Å². The van der Waals surface area contributed by atoms with E-state index in [1.54, 1.807) is 0 Å². The zero-order valence-electron chi connectivity index (χ0n) is 14.4. The van der Waals surface area contributed by atoms with Gasteiger partial charge in [0.15, 0.2) is 5.60 Å². The molecule has 0 N–H and O–H groups in total. The van der Waals surface area contributed by atoms with Crippen molar-refractivity contribution in [3.8, 4) is 0 Å². The van der Waals surface area contributed by atoms with Gasteiger partial charge in [0.1, 0.15) is 5.41 Å². The van der Waals surface area contributed by atoms with E-state index in [0.29, 0.717) is 19.3 Å². The van der Waals surface area contributed by atoms with Crippen LogP contribution >= 0.6 is 0 Å². The van der Waals surface area contributed by atoms with Gasteiger partial charge < -0.3 is 18.9 Å². The van der Waals surface area contributed by atoms with Gasteiger partial charge in [0, 0.05) is 12.5 Å². The van der Waals surface area contributed by atoms with Crippen LogP contribution in [0.1, 0.15) is 38.5 Å². The Labute approximate surface area is 140 Å². The molecule has 0 spiro atoms. The van der Waals surface area contributed by atoms with E-state index < -0.39 is 40.3 Å². The second-order valence-electron chi connectivity index (χ2n) is 6.93. The highest BCUT2D eigenvalue weighted by Crippen LogP contribution is 2.80. The molecule has 1 aliphatic heterocycles. The molecule has 2 bridgehead atoms. The van der Waals surface area contributed by atoms with Gasteiger partial charge >= 0.3 is 17.9 Å². The molecule has 0 unspecified atom stereocenters. The Kier molecular flexibility index (Phi) is 4.10. The summed E-state index contributed by atoms with van der Waals surface area (Å²) in [4.78, 5) is 38.2. The van der Waals surface area contributed by atoms with Gasteiger partial charge in [0.25, 0.3) is 0 Å². The minimum absolute atomic E-state index is 0.0197. The fourth-order valence-corrected chi connectivity index (χ4v) is 5.29. The summed E-state index contributed by atoms with van der Waals surface area (Å²) in [6.45, 7) is 0.0197. The van der Waals surface area contributed by atoms with Gasteiger partial charge in [0.2, 0.25) is 0 Å². The summed E-state index contributed by atoms with van der Waals surface area (Å²) in [5, 5.41) is 0. The number of carbonyl (C=O) groups excluding carboxylic acids is 3. The van der Waals surface area contributed by atoms with Crippen LogP contribution in [0.5, 0.6) is 0 Å². The number of esters is 3. The van der Waals surface area contributed by atoms with Crippen LogP contribution in [0.2, 0.25) is 0 Å². The standard InChI is InChI=1S/C17H24O7/c1-21-12(18)11-15-8-6-4-5-7-9-16(23-3,13(19)24-10-15)17(11,15)14(20)22-2/h11H,4-10H2,1-3H3/t11-,15-,16-,17-/m1/s1. The van der Waals surface area contributed by atoms with Crippen LogP contribution in [0.4, 0.5) is 0 Å². The highest BCUT2D eigenvalue weighted by molar-refractivity contribution is 6.02. The molecular weight excluding hydrogens is 316 g/mol. The Morgan fingerprint density at radius 1 is 1.04 bits per heavy atom. The predicted octanol–water partition coefficient (Wildman–Crippen LogP) is 1.23. The molecule has 0 aromatic carbocycles. The number of hydrogen-bond donors (Lipinski definition) is 0. The molecule has 0 radical (unpaired) electrons.